The average molecular weight is 182 g/mol. The van der Waals surface area contributed by atoms with Crippen molar-refractivity contribution >= 4 is 39.9 Å². The first-order valence-corrected chi connectivity index (χ1v) is 5.00. The summed E-state index contributed by atoms with van der Waals surface area (Å²) in [5, 5.41) is 15.8. The molecule has 0 aliphatic heterocycles. The van der Waals surface area contributed by atoms with Crippen molar-refractivity contribution in [3.05, 3.63) is 12.7 Å². The maximum Gasteiger partial charge on any atom is 0.303 e. The van der Waals surface area contributed by atoms with Crippen molar-refractivity contribution in [2.24, 2.45) is 0 Å². The Morgan fingerprint density at radius 3 is 1.58 bits per heavy atom. The van der Waals surface area contributed by atoms with Crippen LogP contribution in [0.25, 0.3) is 0 Å². The second-order valence-corrected chi connectivity index (χ2v) is 2.80. The molecular formula is C7H11NaO4. The number of hydrogen-bond acceptors (Lipinski definition) is 2. The molecule has 2 N–H and O–H groups in total. The van der Waals surface area contributed by atoms with E-state index >= 15 is 0 Å². The van der Waals surface area contributed by atoms with Gasteiger partial charge in [0.25, 0.3) is 0 Å². The van der Waals surface area contributed by atoms with Crippen molar-refractivity contribution in [1.82, 2.24) is 0 Å². The summed E-state index contributed by atoms with van der Waals surface area (Å²) in [6.07, 6.45) is 1.34. The number of carbonyl (C=O) groups is 2. The van der Waals surface area contributed by atoms with Crippen molar-refractivity contribution in [2.75, 3.05) is 0 Å². The molecule has 0 atom stereocenters. The molecular weight excluding hydrogens is 171 g/mol. The average Bonchev–Trinajstić information content (AvgIpc) is 2.01. The Kier molecular flexibility index (Phi) is 12.7. The zero-order valence-electron chi connectivity index (χ0n) is 7.12. The van der Waals surface area contributed by atoms with Crippen molar-refractivity contribution in [2.45, 2.75) is 16.5 Å². The Balaban J connectivity index is 0. The number of allylic oxidation sites excluding steroid dienone is 1. The molecule has 0 bridgehead atoms. The summed E-state index contributed by atoms with van der Waals surface area (Å²) in [6, 6.07) is 0. The van der Waals surface area contributed by atoms with Crippen molar-refractivity contribution in [3.8, 4) is 0 Å². The molecule has 64 valence electrons. The van der Waals surface area contributed by atoms with Crippen molar-refractivity contribution in [3.63, 3.8) is 0 Å². The largest absolute Gasteiger partial charge is 0.481 e. The van der Waals surface area contributed by atoms with Gasteiger partial charge in [0.2, 0.25) is 0 Å². The Bertz CT molecular complexity index is 141. The smallest absolute Gasteiger partial charge is 0.303 e. The monoisotopic (exact) mass is 182 g/mol. The van der Waals surface area contributed by atoms with E-state index in [9.17, 15) is 9.59 Å². The fraction of sp³-hybridized carbons (Fsp3) is 0.429. The molecule has 0 radical (unpaired) electrons. The minimum atomic E-state index is -1.08. The number of aliphatic carboxylic acids is 2. The van der Waals surface area contributed by atoms with E-state index in [1.165, 1.54) is 31.6 Å². The Morgan fingerprint density at radius 1 is 1.25 bits per heavy atom. The zero-order chi connectivity index (χ0) is 9.98. The predicted molar refractivity (Wildman–Crippen MR) is 45.3 cm³/mol. The van der Waals surface area contributed by atoms with Crippen LogP contribution in [0.4, 0.5) is 0 Å². The minimum Gasteiger partial charge on any atom is -0.481 e. The standard InChI is InChI=1S/C4H6O4.C3H5.Na/c5-3(6)1-2-4(7)8;1-3-2;/h1-2H2,(H,5,6)(H,7,8);3H,1-2H2;. The van der Waals surface area contributed by atoms with Crippen LogP contribution in [0.3, 0.4) is 0 Å². The number of rotatable bonds is 4. The van der Waals surface area contributed by atoms with Gasteiger partial charge in [-0.1, -0.05) is 0 Å². The maximum atomic E-state index is 9.64. The molecule has 0 spiro atoms. The summed E-state index contributed by atoms with van der Waals surface area (Å²) in [6.45, 7) is 3.51. The number of carboxylic acids is 2. The van der Waals surface area contributed by atoms with Crippen LogP contribution < -0.4 is 0 Å². The molecule has 0 amide bonds. The summed E-state index contributed by atoms with van der Waals surface area (Å²) in [7, 11) is 0. The third-order valence-corrected chi connectivity index (χ3v) is 1.42. The topological polar surface area (TPSA) is 74.6 Å². The summed E-state index contributed by atoms with van der Waals surface area (Å²) >= 11 is 1.27. The van der Waals surface area contributed by atoms with Crippen LogP contribution in [0.5, 0.6) is 0 Å². The minimum absolute atomic E-state index is 0.296. The summed E-state index contributed by atoms with van der Waals surface area (Å²) in [5.41, 5.74) is 0. The van der Waals surface area contributed by atoms with Crippen molar-refractivity contribution in [1.29, 1.82) is 0 Å². The van der Waals surface area contributed by atoms with Gasteiger partial charge in [-0.05, 0) is 0 Å². The zero-order valence-corrected chi connectivity index (χ0v) is 9.12. The van der Waals surface area contributed by atoms with E-state index in [1.807, 2.05) is 6.08 Å². The molecule has 4 nitrogen and oxygen atoms in total. The molecule has 0 aromatic carbocycles. The first-order chi connectivity index (χ1) is 5.54. The third-order valence-electron chi connectivity index (χ3n) is 0.841. The molecule has 0 aromatic rings. The first-order valence-electron chi connectivity index (χ1n) is 3.59. The molecule has 0 aromatic heterocycles. The van der Waals surface area contributed by atoms with Gasteiger partial charge in [-0.3, -0.25) is 9.59 Å². The van der Waals surface area contributed by atoms with E-state index in [0.717, 1.165) is 0 Å². The number of hydrogen-bond donors (Lipinski definition) is 2. The van der Waals surface area contributed by atoms with Crippen LogP contribution >= 0.6 is 0 Å². The SMILES string of the molecule is C=C[CH2][Na].O=C(O)CCC(=O)O. The molecule has 12 heavy (non-hydrogen) atoms. The summed E-state index contributed by atoms with van der Waals surface area (Å²) in [5.74, 6) is -2.15. The van der Waals surface area contributed by atoms with E-state index in [-0.39, 0.29) is 12.8 Å². The van der Waals surface area contributed by atoms with Crippen LogP contribution in [0.2, 0.25) is 3.67 Å². The van der Waals surface area contributed by atoms with Gasteiger partial charge in [-0.25, -0.2) is 0 Å². The van der Waals surface area contributed by atoms with Crippen molar-refractivity contribution < 1.29 is 19.8 Å². The first kappa shape index (κ1) is 14.2. The van der Waals surface area contributed by atoms with E-state index in [0.29, 0.717) is 0 Å². The summed E-state index contributed by atoms with van der Waals surface area (Å²) < 4.78 is 1.22. The van der Waals surface area contributed by atoms with Gasteiger partial charge in [0.05, 0.1) is 12.8 Å². The molecule has 0 aliphatic carbocycles. The van der Waals surface area contributed by atoms with Crippen LogP contribution in [0.15, 0.2) is 12.7 Å². The van der Waals surface area contributed by atoms with Gasteiger partial charge in [-0.2, -0.15) is 0 Å². The van der Waals surface area contributed by atoms with Gasteiger partial charge < -0.3 is 10.2 Å². The quantitative estimate of drug-likeness (QED) is 0.495. The van der Waals surface area contributed by atoms with Gasteiger partial charge >= 0.3 is 56.2 Å². The Morgan fingerprint density at radius 2 is 1.50 bits per heavy atom. The van der Waals surface area contributed by atoms with Crippen LogP contribution in [-0.4, -0.2) is 50.1 Å². The van der Waals surface area contributed by atoms with Gasteiger partial charge in [-0.15, -0.1) is 0 Å². The second-order valence-electron chi connectivity index (χ2n) is 1.98. The fourth-order valence-corrected chi connectivity index (χ4v) is 0.214. The Hall–Kier alpha value is -0.320. The van der Waals surface area contributed by atoms with E-state index in [4.69, 9.17) is 10.2 Å². The molecule has 0 aliphatic rings. The van der Waals surface area contributed by atoms with E-state index in [1.54, 1.807) is 0 Å². The number of carboxylic acid groups (broad SMARTS) is 2. The molecule has 0 heterocycles. The van der Waals surface area contributed by atoms with E-state index < -0.39 is 11.9 Å². The maximum absolute atomic E-state index is 9.64. The fourth-order valence-electron chi connectivity index (χ4n) is 0.214. The van der Waals surface area contributed by atoms with Crippen LogP contribution in [0, 0.1) is 0 Å². The molecule has 0 fully saturated rings. The second kappa shape index (κ2) is 10.7. The predicted octanol–water partition coefficient (Wildman–Crippen LogP) is 0.695. The van der Waals surface area contributed by atoms with E-state index in [2.05, 4.69) is 6.58 Å². The molecule has 0 saturated heterocycles. The normalized spacial score (nSPS) is 7.83. The van der Waals surface area contributed by atoms with Crippen LogP contribution in [0.1, 0.15) is 12.8 Å². The molecule has 0 rings (SSSR count). The van der Waals surface area contributed by atoms with Gasteiger partial charge in [0, 0.05) is 0 Å². The van der Waals surface area contributed by atoms with Crippen LogP contribution in [-0.2, 0) is 9.59 Å². The van der Waals surface area contributed by atoms with Gasteiger partial charge in [0.15, 0.2) is 0 Å². The summed E-state index contributed by atoms with van der Waals surface area (Å²) in [4.78, 5) is 19.3. The third kappa shape index (κ3) is 22.6. The van der Waals surface area contributed by atoms with Gasteiger partial charge in [0.1, 0.15) is 0 Å². The Labute approximate surface area is 88.7 Å². The molecule has 5 heteroatoms. The molecule has 0 saturated carbocycles. The molecule has 0 unspecified atom stereocenters.